The van der Waals surface area contributed by atoms with Gasteiger partial charge in [-0.15, -0.1) is 0 Å². The number of aliphatic hydroxyl groups excluding tert-OH is 1. The molecule has 0 fully saturated rings. The second kappa shape index (κ2) is 8.43. The topological polar surface area (TPSA) is 59.0 Å². The SMILES string of the molecule is COc1ccc(CN(CCO)C(=O)OCC(C)C)cc1. The van der Waals surface area contributed by atoms with Crippen molar-refractivity contribution in [2.75, 3.05) is 26.9 Å². The zero-order valence-corrected chi connectivity index (χ0v) is 12.3. The molecule has 0 spiro atoms. The first kappa shape index (κ1) is 16.3. The zero-order chi connectivity index (χ0) is 15.0. The fourth-order valence-electron chi connectivity index (χ4n) is 1.64. The van der Waals surface area contributed by atoms with Crippen LogP contribution in [0.15, 0.2) is 24.3 Å². The summed E-state index contributed by atoms with van der Waals surface area (Å²) in [5.74, 6) is 1.06. The summed E-state index contributed by atoms with van der Waals surface area (Å²) in [5, 5.41) is 9.05. The highest BCUT2D eigenvalue weighted by Gasteiger charge is 2.15. The highest BCUT2D eigenvalue weighted by Crippen LogP contribution is 2.13. The summed E-state index contributed by atoms with van der Waals surface area (Å²) in [5.41, 5.74) is 0.959. The first-order valence-corrected chi connectivity index (χ1v) is 6.72. The lowest BCUT2D eigenvalue weighted by Gasteiger charge is -2.22. The molecule has 0 atom stereocenters. The smallest absolute Gasteiger partial charge is 0.410 e. The minimum absolute atomic E-state index is 0.0903. The van der Waals surface area contributed by atoms with E-state index >= 15 is 0 Å². The first-order valence-electron chi connectivity index (χ1n) is 6.72. The molecule has 1 N–H and O–H groups in total. The zero-order valence-electron chi connectivity index (χ0n) is 12.3. The van der Waals surface area contributed by atoms with Crippen LogP contribution in [0.4, 0.5) is 4.79 Å². The lowest BCUT2D eigenvalue weighted by atomic mass is 10.2. The standard InChI is InChI=1S/C15H23NO4/c1-12(2)11-20-15(18)16(8-9-17)10-13-4-6-14(19-3)7-5-13/h4-7,12,17H,8-11H2,1-3H3. The van der Waals surface area contributed by atoms with Gasteiger partial charge in [0.2, 0.25) is 0 Å². The van der Waals surface area contributed by atoms with Crippen molar-refractivity contribution in [3.63, 3.8) is 0 Å². The van der Waals surface area contributed by atoms with Gasteiger partial charge in [0.25, 0.3) is 0 Å². The lowest BCUT2D eigenvalue weighted by Crippen LogP contribution is -2.34. The maximum absolute atomic E-state index is 11.9. The Morgan fingerprint density at radius 2 is 1.95 bits per heavy atom. The number of hydrogen-bond donors (Lipinski definition) is 1. The summed E-state index contributed by atoms with van der Waals surface area (Å²) in [7, 11) is 1.61. The van der Waals surface area contributed by atoms with Crippen LogP contribution < -0.4 is 4.74 Å². The molecule has 0 bridgehead atoms. The quantitative estimate of drug-likeness (QED) is 0.833. The Labute approximate surface area is 120 Å². The van der Waals surface area contributed by atoms with Gasteiger partial charge < -0.3 is 19.5 Å². The van der Waals surface area contributed by atoms with Crippen molar-refractivity contribution < 1.29 is 19.4 Å². The van der Waals surface area contributed by atoms with Crippen LogP contribution >= 0.6 is 0 Å². The Balaban J connectivity index is 2.62. The minimum atomic E-state index is -0.399. The maximum atomic E-state index is 11.9. The fourth-order valence-corrected chi connectivity index (χ4v) is 1.64. The Hall–Kier alpha value is -1.75. The molecule has 1 aromatic rings. The van der Waals surface area contributed by atoms with E-state index in [4.69, 9.17) is 14.6 Å². The second-order valence-electron chi connectivity index (χ2n) is 4.96. The van der Waals surface area contributed by atoms with Crippen molar-refractivity contribution in [3.8, 4) is 5.75 Å². The summed E-state index contributed by atoms with van der Waals surface area (Å²) >= 11 is 0. The van der Waals surface area contributed by atoms with Gasteiger partial charge in [-0.3, -0.25) is 0 Å². The van der Waals surface area contributed by atoms with E-state index in [-0.39, 0.29) is 19.1 Å². The molecule has 0 aromatic heterocycles. The van der Waals surface area contributed by atoms with E-state index in [1.165, 1.54) is 4.90 Å². The number of carbonyl (C=O) groups is 1. The molecule has 5 heteroatoms. The average molecular weight is 281 g/mol. The van der Waals surface area contributed by atoms with Crippen LogP contribution in [0, 0.1) is 5.92 Å². The van der Waals surface area contributed by atoms with E-state index in [0.29, 0.717) is 13.2 Å². The predicted octanol–water partition coefficient (Wildman–Crippen LogP) is 2.28. The molecule has 0 unspecified atom stereocenters. The third kappa shape index (κ3) is 5.48. The molecular weight excluding hydrogens is 258 g/mol. The summed E-state index contributed by atoms with van der Waals surface area (Å²) in [6.45, 7) is 4.90. The van der Waals surface area contributed by atoms with E-state index in [1.54, 1.807) is 7.11 Å². The molecule has 0 aliphatic carbocycles. The van der Waals surface area contributed by atoms with Gasteiger partial charge in [0.15, 0.2) is 0 Å². The Morgan fingerprint density at radius 3 is 2.45 bits per heavy atom. The van der Waals surface area contributed by atoms with Crippen molar-refractivity contribution in [1.29, 1.82) is 0 Å². The number of nitrogens with zero attached hydrogens (tertiary/aromatic N) is 1. The van der Waals surface area contributed by atoms with E-state index in [9.17, 15) is 4.79 Å². The van der Waals surface area contributed by atoms with Crippen LogP contribution in [0.25, 0.3) is 0 Å². The van der Waals surface area contributed by atoms with Crippen molar-refractivity contribution in [2.24, 2.45) is 5.92 Å². The third-order valence-electron chi connectivity index (χ3n) is 2.70. The van der Waals surface area contributed by atoms with E-state index in [2.05, 4.69) is 0 Å². The highest BCUT2D eigenvalue weighted by atomic mass is 16.6. The molecule has 0 saturated heterocycles. The Bertz CT molecular complexity index is 403. The van der Waals surface area contributed by atoms with Gasteiger partial charge in [0.05, 0.1) is 20.3 Å². The largest absolute Gasteiger partial charge is 0.497 e. The maximum Gasteiger partial charge on any atom is 0.410 e. The molecule has 5 nitrogen and oxygen atoms in total. The molecular formula is C15H23NO4. The number of methoxy groups -OCH3 is 1. The number of carbonyl (C=O) groups excluding carboxylic acids is 1. The molecule has 112 valence electrons. The molecule has 1 aromatic carbocycles. The van der Waals surface area contributed by atoms with Gasteiger partial charge in [-0.1, -0.05) is 26.0 Å². The lowest BCUT2D eigenvalue weighted by molar-refractivity contribution is 0.0824. The molecule has 0 saturated carbocycles. The summed E-state index contributed by atoms with van der Waals surface area (Å²) < 4.78 is 10.3. The van der Waals surface area contributed by atoms with Gasteiger partial charge in [-0.05, 0) is 23.6 Å². The van der Waals surface area contributed by atoms with Gasteiger partial charge >= 0.3 is 6.09 Å². The van der Waals surface area contributed by atoms with Crippen LogP contribution in [-0.2, 0) is 11.3 Å². The van der Waals surface area contributed by atoms with Gasteiger partial charge in [0, 0.05) is 13.1 Å². The molecule has 1 rings (SSSR count). The number of rotatable bonds is 7. The molecule has 0 heterocycles. The molecule has 0 aliphatic heterocycles. The van der Waals surface area contributed by atoms with Gasteiger partial charge in [0.1, 0.15) is 5.75 Å². The molecule has 20 heavy (non-hydrogen) atoms. The summed E-state index contributed by atoms with van der Waals surface area (Å²) in [6, 6.07) is 7.45. The van der Waals surface area contributed by atoms with Crippen LogP contribution in [0.3, 0.4) is 0 Å². The monoisotopic (exact) mass is 281 g/mol. The number of hydrogen-bond acceptors (Lipinski definition) is 4. The summed E-state index contributed by atoms with van der Waals surface area (Å²) in [4.78, 5) is 13.4. The number of benzene rings is 1. The van der Waals surface area contributed by atoms with Crippen molar-refractivity contribution in [2.45, 2.75) is 20.4 Å². The summed E-state index contributed by atoms with van der Waals surface area (Å²) in [6.07, 6.45) is -0.399. The predicted molar refractivity (Wildman–Crippen MR) is 76.7 cm³/mol. The number of aliphatic hydroxyl groups is 1. The normalized spacial score (nSPS) is 10.4. The second-order valence-corrected chi connectivity index (χ2v) is 4.96. The van der Waals surface area contributed by atoms with Crippen molar-refractivity contribution >= 4 is 6.09 Å². The van der Waals surface area contributed by atoms with Gasteiger partial charge in [-0.2, -0.15) is 0 Å². The first-order chi connectivity index (χ1) is 9.56. The fraction of sp³-hybridized carbons (Fsp3) is 0.533. The van der Waals surface area contributed by atoms with Gasteiger partial charge in [-0.25, -0.2) is 4.79 Å². The van der Waals surface area contributed by atoms with Crippen LogP contribution in [0.2, 0.25) is 0 Å². The Morgan fingerprint density at radius 1 is 1.30 bits per heavy atom. The molecule has 0 radical (unpaired) electrons. The van der Waals surface area contributed by atoms with Crippen molar-refractivity contribution in [3.05, 3.63) is 29.8 Å². The van der Waals surface area contributed by atoms with Crippen LogP contribution in [0.1, 0.15) is 19.4 Å². The van der Waals surface area contributed by atoms with E-state index < -0.39 is 6.09 Å². The Kier molecular flexibility index (Phi) is 6.87. The number of amides is 1. The average Bonchev–Trinajstić information content (AvgIpc) is 2.45. The highest BCUT2D eigenvalue weighted by molar-refractivity contribution is 5.67. The van der Waals surface area contributed by atoms with Crippen LogP contribution in [0.5, 0.6) is 5.75 Å². The molecule has 1 amide bonds. The van der Waals surface area contributed by atoms with E-state index in [1.807, 2.05) is 38.1 Å². The van der Waals surface area contributed by atoms with E-state index in [0.717, 1.165) is 11.3 Å². The minimum Gasteiger partial charge on any atom is -0.497 e. The van der Waals surface area contributed by atoms with Crippen LogP contribution in [-0.4, -0.2) is 43.0 Å². The number of ether oxygens (including phenoxy) is 2. The molecule has 0 aliphatic rings. The van der Waals surface area contributed by atoms with Crippen molar-refractivity contribution in [1.82, 2.24) is 4.90 Å². The third-order valence-corrected chi connectivity index (χ3v) is 2.70.